The Labute approximate surface area is 149 Å². The van der Waals surface area contributed by atoms with Gasteiger partial charge in [0.25, 0.3) is 5.91 Å². The summed E-state index contributed by atoms with van der Waals surface area (Å²) in [7, 11) is 1.59. The molecule has 138 valence electrons. The number of amides is 1. The fraction of sp³-hybridized carbons (Fsp3) is 0.316. The van der Waals surface area contributed by atoms with E-state index in [4.69, 9.17) is 4.74 Å². The van der Waals surface area contributed by atoms with Crippen LogP contribution in [0, 0.1) is 0 Å². The van der Waals surface area contributed by atoms with Gasteiger partial charge in [0.05, 0.1) is 13.2 Å². The van der Waals surface area contributed by atoms with Gasteiger partial charge in [0, 0.05) is 12.1 Å². The Morgan fingerprint density at radius 1 is 1.04 bits per heavy atom. The van der Waals surface area contributed by atoms with Gasteiger partial charge in [-0.1, -0.05) is 12.1 Å². The van der Waals surface area contributed by atoms with E-state index in [1.54, 1.807) is 12.0 Å². The molecule has 0 N–H and O–H groups in total. The molecule has 0 saturated carbocycles. The largest absolute Gasteiger partial charge is 0.573 e. The minimum absolute atomic E-state index is 0.0560. The maximum absolute atomic E-state index is 12.8. The molecule has 2 aromatic carbocycles. The van der Waals surface area contributed by atoms with Gasteiger partial charge < -0.3 is 14.4 Å². The Morgan fingerprint density at radius 3 is 2.23 bits per heavy atom. The van der Waals surface area contributed by atoms with Gasteiger partial charge in [-0.05, 0) is 54.8 Å². The number of carbonyl (C=O) groups excluding carboxylic acids is 1. The van der Waals surface area contributed by atoms with Crippen molar-refractivity contribution in [1.29, 1.82) is 0 Å². The van der Waals surface area contributed by atoms with Crippen molar-refractivity contribution in [2.24, 2.45) is 0 Å². The fourth-order valence-corrected chi connectivity index (χ4v) is 3.15. The van der Waals surface area contributed by atoms with E-state index in [1.807, 2.05) is 24.3 Å². The van der Waals surface area contributed by atoms with E-state index >= 15 is 0 Å². The Hall–Kier alpha value is -2.70. The van der Waals surface area contributed by atoms with Crippen LogP contribution >= 0.6 is 0 Å². The van der Waals surface area contributed by atoms with Gasteiger partial charge in [-0.15, -0.1) is 13.2 Å². The van der Waals surface area contributed by atoms with Crippen LogP contribution in [-0.2, 0) is 0 Å². The number of benzene rings is 2. The van der Waals surface area contributed by atoms with Gasteiger partial charge in [0.2, 0.25) is 0 Å². The molecular weight excluding hydrogens is 347 g/mol. The minimum atomic E-state index is -4.75. The fourth-order valence-electron chi connectivity index (χ4n) is 3.15. The van der Waals surface area contributed by atoms with Gasteiger partial charge >= 0.3 is 6.36 Å². The van der Waals surface area contributed by atoms with Gasteiger partial charge in [0.1, 0.15) is 11.5 Å². The lowest BCUT2D eigenvalue weighted by molar-refractivity contribution is -0.274. The standard InChI is InChI=1S/C19H18F3NO3/c1-25-15-8-4-13(5-9-15)17-3-2-12-23(17)18(24)14-6-10-16(11-7-14)26-19(20,21)22/h4-11,17H,2-3,12H2,1H3/t17-/m0/s1. The van der Waals surface area contributed by atoms with Crippen LogP contribution in [0.3, 0.4) is 0 Å². The van der Waals surface area contributed by atoms with E-state index in [0.29, 0.717) is 12.1 Å². The molecule has 7 heteroatoms. The number of methoxy groups -OCH3 is 1. The van der Waals surface area contributed by atoms with Crippen molar-refractivity contribution in [3.8, 4) is 11.5 Å². The molecule has 3 rings (SSSR count). The van der Waals surface area contributed by atoms with Crippen LogP contribution in [-0.4, -0.2) is 30.8 Å². The number of carbonyl (C=O) groups is 1. The highest BCUT2D eigenvalue weighted by Crippen LogP contribution is 2.34. The van der Waals surface area contributed by atoms with Crippen molar-refractivity contribution in [3.05, 3.63) is 59.7 Å². The molecule has 2 aromatic rings. The first-order valence-electron chi connectivity index (χ1n) is 8.18. The maximum Gasteiger partial charge on any atom is 0.573 e. The van der Waals surface area contributed by atoms with Crippen LogP contribution in [0.15, 0.2) is 48.5 Å². The normalized spacial score (nSPS) is 17.2. The van der Waals surface area contributed by atoms with Crippen LogP contribution in [0.25, 0.3) is 0 Å². The van der Waals surface area contributed by atoms with Crippen molar-refractivity contribution in [1.82, 2.24) is 4.90 Å². The summed E-state index contributed by atoms with van der Waals surface area (Å²) in [5, 5.41) is 0. The maximum atomic E-state index is 12.8. The SMILES string of the molecule is COc1ccc([C@@H]2CCCN2C(=O)c2ccc(OC(F)(F)F)cc2)cc1. The van der Waals surface area contributed by atoms with Crippen molar-refractivity contribution >= 4 is 5.91 Å². The summed E-state index contributed by atoms with van der Waals surface area (Å²) in [6.07, 6.45) is -3.04. The number of hydrogen-bond acceptors (Lipinski definition) is 3. The molecule has 1 fully saturated rings. The second-order valence-electron chi connectivity index (χ2n) is 6.00. The Bertz CT molecular complexity index is 757. The molecule has 4 nitrogen and oxygen atoms in total. The molecule has 0 unspecified atom stereocenters. The van der Waals surface area contributed by atoms with Crippen LogP contribution in [0.2, 0.25) is 0 Å². The first-order chi connectivity index (χ1) is 12.4. The number of likely N-dealkylation sites (tertiary alicyclic amines) is 1. The molecule has 1 saturated heterocycles. The zero-order valence-electron chi connectivity index (χ0n) is 14.1. The summed E-state index contributed by atoms with van der Waals surface area (Å²) < 4.78 is 45.7. The van der Waals surface area contributed by atoms with Crippen molar-refractivity contribution in [3.63, 3.8) is 0 Å². The molecule has 1 aliphatic rings. The zero-order valence-corrected chi connectivity index (χ0v) is 14.1. The van der Waals surface area contributed by atoms with E-state index in [1.165, 1.54) is 12.1 Å². The van der Waals surface area contributed by atoms with Crippen LogP contribution in [0.5, 0.6) is 11.5 Å². The molecular formula is C19H18F3NO3. The predicted octanol–water partition coefficient (Wildman–Crippen LogP) is 4.57. The third kappa shape index (κ3) is 4.09. The van der Waals surface area contributed by atoms with Crippen LogP contribution in [0.4, 0.5) is 13.2 Å². The average molecular weight is 365 g/mol. The van der Waals surface area contributed by atoms with Gasteiger partial charge in [-0.25, -0.2) is 0 Å². The highest BCUT2D eigenvalue weighted by atomic mass is 19.4. The Morgan fingerprint density at radius 2 is 1.65 bits per heavy atom. The summed E-state index contributed by atoms with van der Waals surface area (Å²) in [4.78, 5) is 14.5. The van der Waals surface area contributed by atoms with E-state index in [0.717, 1.165) is 36.3 Å². The minimum Gasteiger partial charge on any atom is -0.497 e. The highest BCUT2D eigenvalue weighted by Gasteiger charge is 2.32. The summed E-state index contributed by atoms with van der Waals surface area (Å²) >= 11 is 0. The third-order valence-electron chi connectivity index (χ3n) is 4.35. The summed E-state index contributed by atoms with van der Waals surface area (Å²) in [5.41, 5.74) is 1.34. The molecule has 1 atom stereocenters. The van der Waals surface area contributed by atoms with E-state index < -0.39 is 6.36 Å². The van der Waals surface area contributed by atoms with E-state index in [9.17, 15) is 18.0 Å². The first-order valence-corrected chi connectivity index (χ1v) is 8.18. The molecule has 0 aromatic heterocycles. The Balaban J connectivity index is 1.75. The lowest BCUT2D eigenvalue weighted by atomic mass is 10.0. The molecule has 1 heterocycles. The smallest absolute Gasteiger partial charge is 0.497 e. The number of halogens is 3. The number of alkyl halides is 3. The molecule has 0 spiro atoms. The van der Waals surface area contributed by atoms with Gasteiger partial charge in [-0.2, -0.15) is 0 Å². The summed E-state index contributed by atoms with van der Waals surface area (Å²) in [5.74, 6) is 0.189. The van der Waals surface area contributed by atoms with Crippen molar-refractivity contribution in [2.75, 3.05) is 13.7 Å². The third-order valence-corrected chi connectivity index (χ3v) is 4.35. The van der Waals surface area contributed by atoms with Crippen LogP contribution < -0.4 is 9.47 Å². The zero-order chi connectivity index (χ0) is 18.7. The molecule has 26 heavy (non-hydrogen) atoms. The molecule has 0 bridgehead atoms. The second kappa shape index (κ2) is 7.27. The number of rotatable bonds is 4. The lowest BCUT2D eigenvalue weighted by Gasteiger charge is -2.25. The van der Waals surface area contributed by atoms with Gasteiger partial charge in [-0.3, -0.25) is 4.79 Å². The number of hydrogen-bond donors (Lipinski definition) is 0. The summed E-state index contributed by atoms with van der Waals surface area (Å²) in [6, 6.07) is 12.5. The van der Waals surface area contributed by atoms with Crippen molar-refractivity contribution in [2.45, 2.75) is 25.2 Å². The van der Waals surface area contributed by atoms with Crippen LogP contribution in [0.1, 0.15) is 34.8 Å². The highest BCUT2D eigenvalue weighted by molar-refractivity contribution is 5.94. The molecule has 0 radical (unpaired) electrons. The number of nitrogens with zero attached hydrogens (tertiary/aromatic N) is 1. The first kappa shape index (κ1) is 18.1. The van der Waals surface area contributed by atoms with E-state index in [-0.39, 0.29) is 17.7 Å². The lowest BCUT2D eigenvalue weighted by Crippen LogP contribution is -2.30. The topological polar surface area (TPSA) is 38.8 Å². The van der Waals surface area contributed by atoms with E-state index in [2.05, 4.69) is 4.74 Å². The molecule has 1 amide bonds. The predicted molar refractivity (Wildman–Crippen MR) is 89.1 cm³/mol. The quantitative estimate of drug-likeness (QED) is 0.797. The van der Waals surface area contributed by atoms with Gasteiger partial charge in [0.15, 0.2) is 0 Å². The Kier molecular flexibility index (Phi) is 5.06. The van der Waals surface area contributed by atoms with Crippen molar-refractivity contribution < 1.29 is 27.4 Å². The summed E-state index contributed by atoms with van der Waals surface area (Å²) in [6.45, 7) is 0.607. The molecule has 0 aliphatic carbocycles. The average Bonchev–Trinajstić information content (AvgIpc) is 3.10. The second-order valence-corrected chi connectivity index (χ2v) is 6.00. The number of ether oxygens (including phenoxy) is 2. The monoisotopic (exact) mass is 365 g/mol. The molecule has 1 aliphatic heterocycles.